The lowest BCUT2D eigenvalue weighted by atomic mass is 10.2. The summed E-state index contributed by atoms with van der Waals surface area (Å²) in [6, 6.07) is 3.68. The number of nitro groups is 1. The standard InChI is InChI=1S/C11H8ClN3O3S/c1-14-4-5-19-11(14)13-10(16)8-6-7(15(17)18)2-3-9(8)12/h2-6H,1H3. The van der Waals surface area contributed by atoms with Crippen molar-refractivity contribution in [1.29, 1.82) is 0 Å². The van der Waals surface area contributed by atoms with E-state index in [1.807, 2.05) is 0 Å². The van der Waals surface area contributed by atoms with Crippen molar-refractivity contribution >= 4 is 34.5 Å². The normalized spacial score (nSPS) is 11.6. The maximum absolute atomic E-state index is 12.0. The van der Waals surface area contributed by atoms with E-state index in [0.29, 0.717) is 4.80 Å². The van der Waals surface area contributed by atoms with Crippen LogP contribution in [0, 0.1) is 10.1 Å². The molecular weight excluding hydrogens is 290 g/mol. The van der Waals surface area contributed by atoms with Gasteiger partial charge in [-0.15, -0.1) is 11.3 Å². The summed E-state index contributed by atoms with van der Waals surface area (Å²) < 4.78 is 1.67. The Labute approximate surface area is 116 Å². The summed E-state index contributed by atoms with van der Waals surface area (Å²) in [5.41, 5.74) is -0.178. The van der Waals surface area contributed by atoms with E-state index in [2.05, 4.69) is 4.99 Å². The largest absolute Gasteiger partial charge is 0.327 e. The molecule has 0 saturated heterocycles. The molecule has 2 rings (SSSR count). The number of thiazole rings is 1. The average Bonchev–Trinajstić information content (AvgIpc) is 2.75. The number of hydrogen-bond acceptors (Lipinski definition) is 4. The Bertz CT molecular complexity index is 720. The summed E-state index contributed by atoms with van der Waals surface area (Å²) in [5.74, 6) is -0.605. The predicted molar refractivity (Wildman–Crippen MR) is 71.3 cm³/mol. The molecule has 0 radical (unpaired) electrons. The van der Waals surface area contributed by atoms with Crippen molar-refractivity contribution in [3.05, 3.63) is 55.3 Å². The summed E-state index contributed by atoms with van der Waals surface area (Å²) >= 11 is 7.16. The van der Waals surface area contributed by atoms with E-state index in [1.54, 1.807) is 23.2 Å². The van der Waals surface area contributed by atoms with Gasteiger partial charge in [-0.2, -0.15) is 4.99 Å². The molecule has 0 bridgehead atoms. The smallest absolute Gasteiger partial charge is 0.281 e. The van der Waals surface area contributed by atoms with Gasteiger partial charge in [0.2, 0.25) is 0 Å². The van der Waals surface area contributed by atoms with E-state index >= 15 is 0 Å². The molecule has 0 aliphatic heterocycles. The minimum Gasteiger partial charge on any atom is -0.327 e. The first-order valence-electron chi connectivity index (χ1n) is 5.12. The number of nitro benzene ring substituents is 1. The molecule has 98 valence electrons. The number of non-ortho nitro benzene ring substituents is 1. The highest BCUT2D eigenvalue weighted by Gasteiger charge is 2.15. The lowest BCUT2D eigenvalue weighted by Gasteiger charge is -1.99. The fourth-order valence-corrected chi connectivity index (χ4v) is 2.30. The quantitative estimate of drug-likeness (QED) is 0.631. The zero-order valence-electron chi connectivity index (χ0n) is 9.74. The number of amides is 1. The molecule has 1 aromatic heterocycles. The Kier molecular flexibility index (Phi) is 3.77. The van der Waals surface area contributed by atoms with Crippen LogP contribution in [0.5, 0.6) is 0 Å². The van der Waals surface area contributed by atoms with Crippen molar-refractivity contribution in [3.8, 4) is 0 Å². The molecule has 2 aromatic rings. The third kappa shape index (κ3) is 2.88. The lowest BCUT2D eigenvalue weighted by molar-refractivity contribution is -0.384. The third-order valence-electron chi connectivity index (χ3n) is 2.35. The monoisotopic (exact) mass is 297 g/mol. The molecule has 0 unspecified atom stereocenters. The number of halogens is 1. The van der Waals surface area contributed by atoms with Crippen LogP contribution in [0.4, 0.5) is 5.69 Å². The Balaban J connectivity index is 2.48. The maximum Gasteiger partial charge on any atom is 0.281 e. The van der Waals surface area contributed by atoms with Gasteiger partial charge >= 0.3 is 0 Å². The molecule has 1 heterocycles. The van der Waals surface area contributed by atoms with E-state index in [4.69, 9.17) is 11.6 Å². The Morgan fingerprint density at radius 3 is 2.84 bits per heavy atom. The first-order valence-corrected chi connectivity index (χ1v) is 6.38. The molecule has 6 nitrogen and oxygen atoms in total. The van der Waals surface area contributed by atoms with Gasteiger partial charge in [-0.25, -0.2) is 0 Å². The van der Waals surface area contributed by atoms with Gasteiger partial charge in [0.1, 0.15) is 0 Å². The molecule has 0 aliphatic rings. The van der Waals surface area contributed by atoms with Gasteiger partial charge in [0.05, 0.1) is 15.5 Å². The van der Waals surface area contributed by atoms with Crippen LogP contribution in [0.15, 0.2) is 34.8 Å². The van der Waals surface area contributed by atoms with Gasteiger partial charge in [-0.1, -0.05) is 11.6 Å². The fourth-order valence-electron chi connectivity index (χ4n) is 1.37. The number of benzene rings is 1. The van der Waals surface area contributed by atoms with Crippen LogP contribution in [-0.2, 0) is 7.05 Å². The summed E-state index contributed by atoms with van der Waals surface area (Å²) in [4.78, 5) is 26.4. The maximum atomic E-state index is 12.0. The van der Waals surface area contributed by atoms with Gasteiger partial charge in [0, 0.05) is 30.8 Å². The molecule has 1 aromatic carbocycles. The molecule has 0 atom stereocenters. The molecule has 0 aliphatic carbocycles. The van der Waals surface area contributed by atoms with E-state index in [9.17, 15) is 14.9 Å². The van der Waals surface area contributed by atoms with E-state index < -0.39 is 10.8 Å². The lowest BCUT2D eigenvalue weighted by Crippen LogP contribution is -2.12. The van der Waals surface area contributed by atoms with Crippen molar-refractivity contribution < 1.29 is 9.72 Å². The van der Waals surface area contributed by atoms with Gasteiger partial charge in [-0.05, 0) is 6.07 Å². The average molecular weight is 298 g/mol. The second kappa shape index (κ2) is 5.33. The van der Waals surface area contributed by atoms with Crippen LogP contribution < -0.4 is 4.80 Å². The first-order chi connectivity index (χ1) is 8.99. The highest BCUT2D eigenvalue weighted by atomic mass is 35.5. The predicted octanol–water partition coefficient (Wildman–Crippen LogP) is 2.39. The van der Waals surface area contributed by atoms with Crippen LogP contribution >= 0.6 is 22.9 Å². The molecule has 19 heavy (non-hydrogen) atoms. The first kappa shape index (κ1) is 13.4. The van der Waals surface area contributed by atoms with Gasteiger partial charge in [-0.3, -0.25) is 14.9 Å². The number of carbonyl (C=O) groups is 1. The van der Waals surface area contributed by atoms with Crippen LogP contribution in [-0.4, -0.2) is 15.4 Å². The zero-order valence-corrected chi connectivity index (χ0v) is 11.3. The summed E-state index contributed by atoms with van der Waals surface area (Å²) in [5, 5.41) is 12.6. The molecule has 8 heteroatoms. The highest BCUT2D eigenvalue weighted by Crippen LogP contribution is 2.22. The SMILES string of the molecule is Cn1ccsc1=NC(=O)c1cc([N+](=O)[O-])ccc1Cl. The second-order valence-corrected chi connectivity index (χ2v) is 4.91. The minimum atomic E-state index is -0.605. The topological polar surface area (TPSA) is 77.5 Å². The summed E-state index contributed by atoms with van der Waals surface area (Å²) in [7, 11) is 1.75. The van der Waals surface area contributed by atoms with E-state index in [-0.39, 0.29) is 16.3 Å². The van der Waals surface area contributed by atoms with Crippen LogP contribution in [0.25, 0.3) is 0 Å². The number of carbonyl (C=O) groups excluding carboxylic acids is 1. The van der Waals surface area contributed by atoms with Crippen molar-refractivity contribution in [1.82, 2.24) is 4.57 Å². The molecule has 0 saturated carbocycles. The van der Waals surface area contributed by atoms with E-state index in [0.717, 1.165) is 6.07 Å². The minimum absolute atomic E-state index is 0.0178. The Hall–Kier alpha value is -1.99. The van der Waals surface area contributed by atoms with E-state index in [1.165, 1.54) is 23.5 Å². The van der Waals surface area contributed by atoms with Crippen molar-refractivity contribution in [2.75, 3.05) is 0 Å². The molecule has 0 spiro atoms. The van der Waals surface area contributed by atoms with Crippen LogP contribution in [0.3, 0.4) is 0 Å². The fraction of sp³-hybridized carbons (Fsp3) is 0.0909. The van der Waals surface area contributed by atoms with Crippen LogP contribution in [0.1, 0.15) is 10.4 Å². The number of aryl methyl sites for hydroxylation is 1. The van der Waals surface area contributed by atoms with Crippen molar-refractivity contribution in [2.24, 2.45) is 12.0 Å². The van der Waals surface area contributed by atoms with Crippen LogP contribution in [0.2, 0.25) is 5.02 Å². The molecule has 0 fully saturated rings. The number of rotatable bonds is 2. The highest BCUT2D eigenvalue weighted by molar-refractivity contribution is 7.07. The summed E-state index contributed by atoms with van der Waals surface area (Å²) in [6.45, 7) is 0. The van der Waals surface area contributed by atoms with Gasteiger partial charge in [0.25, 0.3) is 11.6 Å². The summed E-state index contributed by atoms with van der Waals surface area (Å²) in [6.07, 6.45) is 1.76. The number of hydrogen-bond donors (Lipinski definition) is 0. The van der Waals surface area contributed by atoms with Crippen molar-refractivity contribution in [2.45, 2.75) is 0 Å². The van der Waals surface area contributed by atoms with Gasteiger partial charge in [0.15, 0.2) is 4.80 Å². The van der Waals surface area contributed by atoms with Gasteiger partial charge < -0.3 is 4.57 Å². The zero-order chi connectivity index (χ0) is 14.0. The number of nitrogens with zero attached hydrogens (tertiary/aromatic N) is 3. The second-order valence-electron chi connectivity index (χ2n) is 3.63. The number of aromatic nitrogens is 1. The molecular formula is C11H8ClN3O3S. The third-order valence-corrected chi connectivity index (χ3v) is 3.53. The molecule has 1 amide bonds. The Morgan fingerprint density at radius 2 is 2.26 bits per heavy atom. The molecule has 0 N–H and O–H groups in total. The van der Waals surface area contributed by atoms with Crippen molar-refractivity contribution in [3.63, 3.8) is 0 Å². The Morgan fingerprint density at radius 1 is 1.53 bits per heavy atom.